The standard InChI is InChI=1S/C14H17FN2O2/c15-11-4-9(5-16-6-11)7-17-8-10-2-1-3-12(10)13(17)14(18)19/h4-6,10,12-13H,1-3,7-8H2,(H,18,19). The second kappa shape index (κ2) is 4.89. The van der Waals surface area contributed by atoms with E-state index in [0.29, 0.717) is 12.5 Å². The molecule has 1 aromatic rings. The molecule has 0 bridgehead atoms. The number of hydrogen-bond acceptors (Lipinski definition) is 3. The number of aliphatic carboxylic acids is 1. The first-order chi connectivity index (χ1) is 9.15. The van der Waals surface area contributed by atoms with Crippen LogP contribution in [0.1, 0.15) is 24.8 Å². The zero-order valence-corrected chi connectivity index (χ0v) is 10.6. The smallest absolute Gasteiger partial charge is 0.321 e. The van der Waals surface area contributed by atoms with Gasteiger partial charge in [0, 0.05) is 19.3 Å². The molecule has 1 saturated heterocycles. The summed E-state index contributed by atoms with van der Waals surface area (Å²) in [7, 11) is 0. The molecule has 1 N–H and O–H groups in total. The molecule has 1 aromatic heterocycles. The van der Waals surface area contributed by atoms with Crippen molar-refractivity contribution in [1.82, 2.24) is 9.88 Å². The van der Waals surface area contributed by atoms with Crippen LogP contribution in [0.3, 0.4) is 0 Å². The average molecular weight is 264 g/mol. The lowest BCUT2D eigenvalue weighted by molar-refractivity contribution is -0.143. The first-order valence-corrected chi connectivity index (χ1v) is 6.71. The summed E-state index contributed by atoms with van der Waals surface area (Å²) in [6.07, 6.45) is 6.02. The van der Waals surface area contributed by atoms with Crippen molar-refractivity contribution in [2.75, 3.05) is 6.54 Å². The van der Waals surface area contributed by atoms with Crippen LogP contribution < -0.4 is 0 Å². The first-order valence-electron chi connectivity index (χ1n) is 6.71. The molecule has 5 heteroatoms. The predicted molar refractivity (Wildman–Crippen MR) is 66.9 cm³/mol. The highest BCUT2D eigenvalue weighted by Gasteiger charge is 2.47. The van der Waals surface area contributed by atoms with Gasteiger partial charge in [-0.1, -0.05) is 6.42 Å². The minimum Gasteiger partial charge on any atom is -0.480 e. The number of hydrogen-bond donors (Lipinski definition) is 1. The lowest BCUT2D eigenvalue weighted by atomic mass is 9.94. The van der Waals surface area contributed by atoms with Crippen LogP contribution in [0.15, 0.2) is 18.5 Å². The second-order valence-corrected chi connectivity index (χ2v) is 5.58. The van der Waals surface area contributed by atoms with Gasteiger partial charge in [0.1, 0.15) is 11.9 Å². The predicted octanol–water partition coefficient (Wildman–Crippen LogP) is 1.91. The third kappa shape index (κ3) is 2.34. The number of halogens is 1. The quantitative estimate of drug-likeness (QED) is 0.906. The molecule has 0 radical (unpaired) electrons. The molecule has 19 heavy (non-hydrogen) atoms. The van der Waals surface area contributed by atoms with Crippen molar-refractivity contribution in [3.8, 4) is 0 Å². The summed E-state index contributed by atoms with van der Waals surface area (Å²) in [5.74, 6) is -0.371. The third-order valence-electron chi connectivity index (χ3n) is 4.39. The number of carbonyl (C=O) groups is 1. The van der Waals surface area contributed by atoms with Crippen LogP contribution in [0, 0.1) is 17.7 Å². The molecule has 102 valence electrons. The van der Waals surface area contributed by atoms with Gasteiger partial charge in [0.25, 0.3) is 0 Å². The lowest BCUT2D eigenvalue weighted by Crippen LogP contribution is -2.39. The van der Waals surface area contributed by atoms with Gasteiger partial charge in [-0.05, 0) is 36.3 Å². The molecule has 2 aliphatic rings. The largest absolute Gasteiger partial charge is 0.480 e. The van der Waals surface area contributed by atoms with Gasteiger partial charge in [-0.15, -0.1) is 0 Å². The van der Waals surface area contributed by atoms with E-state index in [2.05, 4.69) is 4.98 Å². The van der Waals surface area contributed by atoms with Gasteiger partial charge >= 0.3 is 5.97 Å². The first kappa shape index (κ1) is 12.5. The van der Waals surface area contributed by atoms with Crippen molar-refractivity contribution in [2.45, 2.75) is 31.8 Å². The van der Waals surface area contributed by atoms with E-state index in [0.717, 1.165) is 37.6 Å². The minimum atomic E-state index is -0.751. The normalized spacial score (nSPS) is 30.5. The Labute approximate surface area is 111 Å². The number of aromatic nitrogens is 1. The number of likely N-dealkylation sites (tertiary alicyclic amines) is 1. The molecule has 0 amide bonds. The molecule has 3 rings (SSSR count). The Bertz CT molecular complexity index is 494. The van der Waals surface area contributed by atoms with Gasteiger partial charge in [-0.3, -0.25) is 14.7 Å². The van der Waals surface area contributed by atoms with Crippen LogP contribution in [0.5, 0.6) is 0 Å². The summed E-state index contributed by atoms with van der Waals surface area (Å²) in [4.78, 5) is 17.3. The van der Waals surface area contributed by atoms with Gasteiger partial charge < -0.3 is 5.11 Å². The van der Waals surface area contributed by atoms with Crippen LogP contribution in [0.25, 0.3) is 0 Å². The fraction of sp³-hybridized carbons (Fsp3) is 0.571. The van der Waals surface area contributed by atoms with Gasteiger partial charge in [-0.25, -0.2) is 4.39 Å². The van der Waals surface area contributed by atoms with E-state index in [-0.39, 0.29) is 11.7 Å². The van der Waals surface area contributed by atoms with Crippen molar-refractivity contribution < 1.29 is 14.3 Å². The van der Waals surface area contributed by atoms with Crippen LogP contribution in [-0.4, -0.2) is 33.5 Å². The number of fused-ring (bicyclic) bond motifs is 1. The Balaban J connectivity index is 1.78. The average Bonchev–Trinajstić information content (AvgIpc) is 2.88. The van der Waals surface area contributed by atoms with E-state index >= 15 is 0 Å². The van der Waals surface area contributed by atoms with Crippen LogP contribution >= 0.6 is 0 Å². The summed E-state index contributed by atoms with van der Waals surface area (Å²) < 4.78 is 13.1. The molecule has 0 spiro atoms. The molecule has 3 unspecified atom stereocenters. The Morgan fingerprint density at radius 2 is 2.32 bits per heavy atom. The molecule has 1 aliphatic carbocycles. The van der Waals surface area contributed by atoms with Crippen molar-refractivity contribution in [1.29, 1.82) is 0 Å². The lowest BCUT2D eigenvalue weighted by Gasteiger charge is -2.24. The van der Waals surface area contributed by atoms with Gasteiger partial charge in [0.15, 0.2) is 0 Å². The van der Waals surface area contributed by atoms with Crippen molar-refractivity contribution in [3.63, 3.8) is 0 Å². The van der Waals surface area contributed by atoms with E-state index in [9.17, 15) is 14.3 Å². The van der Waals surface area contributed by atoms with E-state index in [1.165, 1.54) is 6.07 Å². The SMILES string of the molecule is O=C(O)C1C2CCCC2CN1Cc1cncc(F)c1. The molecule has 4 nitrogen and oxygen atoms in total. The van der Waals surface area contributed by atoms with E-state index < -0.39 is 12.0 Å². The topological polar surface area (TPSA) is 53.4 Å². The Morgan fingerprint density at radius 3 is 3.05 bits per heavy atom. The number of nitrogens with zero attached hydrogens (tertiary/aromatic N) is 2. The fourth-order valence-corrected chi connectivity index (χ4v) is 3.67. The second-order valence-electron chi connectivity index (χ2n) is 5.58. The van der Waals surface area contributed by atoms with Crippen molar-refractivity contribution in [2.24, 2.45) is 11.8 Å². The van der Waals surface area contributed by atoms with Gasteiger partial charge in [0.05, 0.1) is 6.20 Å². The summed E-state index contributed by atoms with van der Waals surface area (Å²) in [5.41, 5.74) is 0.742. The monoisotopic (exact) mass is 264 g/mol. The zero-order chi connectivity index (χ0) is 13.4. The van der Waals surface area contributed by atoms with Crippen molar-refractivity contribution in [3.05, 3.63) is 29.8 Å². The number of carboxylic acid groups (broad SMARTS) is 1. The van der Waals surface area contributed by atoms with Crippen LogP contribution in [0.4, 0.5) is 4.39 Å². The van der Waals surface area contributed by atoms with Crippen LogP contribution in [0.2, 0.25) is 0 Å². The molecule has 2 fully saturated rings. The van der Waals surface area contributed by atoms with E-state index in [1.807, 2.05) is 4.90 Å². The molecular weight excluding hydrogens is 247 g/mol. The number of rotatable bonds is 3. The van der Waals surface area contributed by atoms with Gasteiger partial charge in [-0.2, -0.15) is 0 Å². The summed E-state index contributed by atoms with van der Waals surface area (Å²) in [5, 5.41) is 9.43. The van der Waals surface area contributed by atoms with E-state index in [4.69, 9.17) is 0 Å². The maximum absolute atomic E-state index is 13.1. The maximum Gasteiger partial charge on any atom is 0.321 e. The maximum atomic E-state index is 13.1. The Morgan fingerprint density at radius 1 is 1.47 bits per heavy atom. The highest BCUT2D eigenvalue weighted by atomic mass is 19.1. The molecule has 2 heterocycles. The molecule has 1 aliphatic heterocycles. The summed E-state index contributed by atoms with van der Waals surface area (Å²) in [6.45, 7) is 1.27. The Kier molecular flexibility index (Phi) is 3.22. The molecule has 0 aromatic carbocycles. The van der Waals surface area contributed by atoms with Gasteiger partial charge in [0.2, 0.25) is 0 Å². The minimum absolute atomic E-state index is 0.263. The van der Waals surface area contributed by atoms with E-state index in [1.54, 1.807) is 6.20 Å². The Hall–Kier alpha value is -1.49. The van der Waals surface area contributed by atoms with Crippen LogP contribution in [-0.2, 0) is 11.3 Å². The number of carboxylic acids is 1. The molecule has 3 atom stereocenters. The molecular formula is C14H17FN2O2. The number of pyridine rings is 1. The summed E-state index contributed by atoms with van der Waals surface area (Å²) >= 11 is 0. The fourth-order valence-electron chi connectivity index (χ4n) is 3.67. The summed E-state index contributed by atoms with van der Waals surface area (Å²) in [6, 6.07) is 1.01. The van der Waals surface area contributed by atoms with Crippen molar-refractivity contribution >= 4 is 5.97 Å². The molecule has 1 saturated carbocycles. The third-order valence-corrected chi connectivity index (χ3v) is 4.39. The zero-order valence-electron chi connectivity index (χ0n) is 10.6. The highest BCUT2D eigenvalue weighted by Crippen LogP contribution is 2.42. The highest BCUT2D eigenvalue weighted by molar-refractivity contribution is 5.74.